The minimum Gasteiger partial charge on any atom is -0.481 e. The van der Waals surface area contributed by atoms with Crippen LogP contribution in [-0.4, -0.2) is 41.3 Å². The molecular weight excluding hydrogens is 420 g/mol. The summed E-state index contributed by atoms with van der Waals surface area (Å²) in [7, 11) is 0. The standard InChI is InChI=1S/C26H30N2O5/c1-2-17(15-23(29)30)27-24(31)26(13-7-8-14-26)28-25(32)33-16-22-20-11-5-3-9-18(20)19-10-4-6-12-21(19)22/h3-6,9-12,17,22H,2,7-8,13-16H2,1H3,(H,27,31)(H,28,32)(H,29,30). The topological polar surface area (TPSA) is 105 Å². The van der Waals surface area contributed by atoms with E-state index < -0.39 is 23.6 Å². The van der Waals surface area contributed by atoms with Crippen LogP contribution in [0.2, 0.25) is 0 Å². The van der Waals surface area contributed by atoms with Crippen LogP contribution in [0.5, 0.6) is 0 Å². The second-order valence-electron chi connectivity index (χ2n) is 8.92. The number of amides is 2. The third-order valence-electron chi connectivity index (χ3n) is 6.83. The molecule has 0 aromatic heterocycles. The molecular formula is C26H30N2O5. The molecule has 1 fully saturated rings. The number of hydrogen-bond donors (Lipinski definition) is 3. The van der Waals surface area contributed by atoms with Gasteiger partial charge in [-0.25, -0.2) is 4.79 Å². The van der Waals surface area contributed by atoms with Gasteiger partial charge in [0.25, 0.3) is 0 Å². The van der Waals surface area contributed by atoms with E-state index in [4.69, 9.17) is 9.84 Å². The summed E-state index contributed by atoms with van der Waals surface area (Å²) in [4.78, 5) is 37.0. The average molecular weight is 451 g/mol. The Morgan fingerprint density at radius 1 is 1.03 bits per heavy atom. The van der Waals surface area contributed by atoms with E-state index >= 15 is 0 Å². The monoisotopic (exact) mass is 450 g/mol. The Balaban J connectivity index is 1.43. The first-order valence-electron chi connectivity index (χ1n) is 11.6. The maximum absolute atomic E-state index is 13.1. The van der Waals surface area contributed by atoms with Crippen molar-refractivity contribution in [2.45, 2.75) is 62.9 Å². The van der Waals surface area contributed by atoms with Gasteiger partial charge >= 0.3 is 12.1 Å². The van der Waals surface area contributed by atoms with Crippen molar-refractivity contribution in [3.05, 3.63) is 59.7 Å². The van der Waals surface area contributed by atoms with Gasteiger partial charge in [-0.2, -0.15) is 0 Å². The van der Waals surface area contributed by atoms with Crippen LogP contribution in [-0.2, 0) is 14.3 Å². The normalized spacial score (nSPS) is 17.0. The fraction of sp³-hybridized carbons (Fsp3) is 0.423. The highest BCUT2D eigenvalue weighted by Gasteiger charge is 2.43. The quantitative estimate of drug-likeness (QED) is 0.559. The van der Waals surface area contributed by atoms with Crippen molar-refractivity contribution in [2.24, 2.45) is 0 Å². The number of benzene rings is 2. The minimum atomic E-state index is -1.06. The van der Waals surface area contributed by atoms with E-state index in [1.165, 1.54) is 0 Å². The summed E-state index contributed by atoms with van der Waals surface area (Å²) in [6.07, 6.45) is 2.36. The van der Waals surface area contributed by atoms with Gasteiger partial charge in [0.05, 0.1) is 6.42 Å². The Hall–Kier alpha value is -3.35. The largest absolute Gasteiger partial charge is 0.481 e. The van der Waals surface area contributed by atoms with Gasteiger partial charge in [0.15, 0.2) is 0 Å². The predicted molar refractivity (Wildman–Crippen MR) is 124 cm³/mol. The molecule has 2 amide bonds. The van der Waals surface area contributed by atoms with E-state index in [1.54, 1.807) is 0 Å². The van der Waals surface area contributed by atoms with Crippen molar-refractivity contribution < 1.29 is 24.2 Å². The minimum absolute atomic E-state index is 0.0588. The second kappa shape index (κ2) is 9.65. The summed E-state index contributed by atoms with van der Waals surface area (Å²) in [6.45, 7) is 2.00. The number of carboxylic acids is 1. The number of fused-ring (bicyclic) bond motifs is 3. The fourth-order valence-electron chi connectivity index (χ4n) is 5.05. The van der Waals surface area contributed by atoms with Crippen LogP contribution < -0.4 is 10.6 Å². The summed E-state index contributed by atoms with van der Waals surface area (Å²) < 4.78 is 5.65. The summed E-state index contributed by atoms with van der Waals surface area (Å²) >= 11 is 0. The van der Waals surface area contributed by atoms with Gasteiger partial charge in [0.1, 0.15) is 12.1 Å². The van der Waals surface area contributed by atoms with Crippen molar-refractivity contribution >= 4 is 18.0 Å². The number of nitrogens with one attached hydrogen (secondary N) is 2. The van der Waals surface area contributed by atoms with E-state index in [0.29, 0.717) is 19.3 Å². The van der Waals surface area contributed by atoms with Crippen LogP contribution in [0.4, 0.5) is 4.79 Å². The molecule has 174 valence electrons. The summed E-state index contributed by atoms with van der Waals surface area (Å²) in [5.41, 5.74) is 3.49. The van der Waals surface area contributed by atoms with E-state index in [2.05, 4.69) is 34.9 Å². The third kappa shape index (κ3) is 4.72. The zero-order valence-electron chi connectivity index (χ0n) is 18.8. The van der Waals surface area contributed by atoms with Crippen LogP contribution in [0.1, 0.15) is 62.5 Å². The fourth-order valence-corrected chi connectivity index (χ4v) is 5.05. The van der Waals surface area contributed by atoms with Crippen LogP contribution in [0.3, 0.4) is 0 Å². The molecule has 0 heterocycles. The highest BCUT2D eigenvalue weighted by atomic mass is 16.5. The molecule has 3 N–H and O–H groups in total. The number of hydrogen-bond acceptors (Lipinski definition) is 4. The molecule has 1 saturated carbocycles. The van der Waals surface area contributed by atoms with Gasteiger partial charge in [-0.3, -0.25) is 9.59 Å². The highest BCUT2D eigenvalue weighted by molar-refractivity contribution is 5.91. The molecule has 0 aliphatic heterocycles. The lowest BCUT2D eigenvalue weighted by Crippen LogP contribution is -2.59. The van der Waals surface area contributed by atoms with Gasteiger partial charge in [-0.15, -0.1) is 0 Å². The van der Waals surface area contributed by atoms with Crippen LogP contribution in [0.15, 0.2) is 48.5 Å². The van der Waals surface area contributed by atoms with E-state index in [0.717, 1.165) is 35.1 Å². The number of carboxylic acid groups (broad SMARTS) is 1. The van der Waals surface area contributed by atoms with Gasteiger partial charge in [0, 0.05) is 12.0 Å². The molecule has 0 saturated heterocycles. The zero-order valence-corrected chi connectivity index (χ0v) is 18.8. The average Bonchev–Trinajstić information content (AvgIpc) is 3.40. The lowest BCUT2D eigenvalue weighted by Gasteiger charge is -2.30. The molecule has 4 rings (SSSR count). The molecule has 0 bridgehead atoms. The number of rotatable bonds is 8. The molecule has 0 radical (unpaired) electrons. The predicted octanol–water partition coefficient (Wildman–Crippen LogP) is 4.21. The van der Waals surface area contributed by atoms with Crippen molar-refractivity contribution in [3.63, 3.8) is 0 Å². The SMILES string of the molecule is CCC(CC(=O)O)NC(=O)C1(NC(=O)OCC2c3ccccc3-c3ccccc32)CCCC1. The Kier molecular flexibility index (Phi) is 6.67. The van der Waals surface area contributed by atoms with Gasteiger partial charge in [-0.05, 0) is 41.5 Å². The molecule has 0 spiro atoms. The molecule has 2 aliphatic carbocycles. The van der Waals surface area contributed by atoms with Crippen molar-refractivity contribution in [1.82, 2.24) is 10.6 Å². The van der Waals surface area contributed by atoms with E-state index in [1.807, 2.05) is 31.2 Å². The molecule has 2 aromatic rings. The van der Waals surface area contributed by atoms with Gasteiger partial charge in [0.2, 0.25) is 5.91 Å². The van der Waals surface area contributed by atoms with Crippen molar-refractivity contribution in [2.75, 3.05) is 6.61 Å². The summed E-state index contributed by atoms with van der Waals surface area (Å²) in [6, 6.07) is 15.8. The Labute approximate surface area is 193 Å². The van der Waals surface area contributed by atoms with Crippen molar-refractivity contribution in [1.29, 1.82) is 0 Å². The van der Waals surface area contributed by atoms with Crippen molar-refractivity contribution in [3.8, 4) is 11.1 Å². The van der Waals surface area contributed by atoms with E-state index in [9.17, 15) is 14.4 Å². The Bertz CT molecular complexity index is 999. The van der Waals surface area contributed by atoms with E-state index in [-0.39, 0.29) is 24.9 Å². The Morgan fingerprint density at radius 3 is 2.15 bits per heavy atom. The summed E-state index contributed by atoms with van der Waals surface area (Å²) in [5.74, 6) is -1.36. The first kappa shape index (κ1) is 22.8. The first-order chi connectivity index (χ1) is 15.9. The molecule has 1 atom stereocenters. The van der Waals surface area contributed by atoms with Crippen LogP contribution >= 0.6 is 0 Å². The zero-order chi connectivity index (χ0) is 23.4. The maximum atomic E-state index is 13.1. The number of aliphatic carboxylic acids is 1. The lowest BCUT2D eigenvalue weighted by molar-refractivity contribution is -0.138. The number of ether oxygens (including phenoxy) is 1. The summed E-state index contributed by atoms with van der Waals surface area (Å²) in [5, 5.41) is 14.7. The molecule has 7 heteroatoms. The molecule has 2 aliphatic rings. The maximum Gasteiger partial charge on any atom is 0.408 e. The van der Waals surface area contributed by atoms with Gasteiger partial charge < -0.3 is 20.5 Å². The highest BCUT2D eigenvalue weighted by Crippen LogP contribution is 2.44. The molecule has 1 unspecified atom stereocenters. The van der Waals surface area contributed by atoms with Crippen LogP contribution in [0, 0.1) is 0 Å². The first-order valence-corrected chi connectivity index (χ1v) is 11.6. The number of carbonyl (C=O) groups is 3. The number of carbonyl (C=O) groups excluding carboxylic acids is 2. The molecule has 2 aromatic carbocycles. The van der Waals surface area contributed by atoms with Crippen LogP contribution in [0.25, 0.3) is 11.1 Å². The second-order valence-corrected chi connectivity index (χ2v) is 8.92. The lowest BCUT2D eigenvalue weighted by atomic mass is 9.95. The molecule has 7 nitrogen and oxygen atoms in total. The number of alkyl carbamates (subject to hydrolysis) is 1. The Morgan fingerprint density at radius 2 is 1.61 bits per heavy atom. The molecule has 33 heavy (non-hydrogen) atoms. The third-order valence-corrected chi connectivity index (χ3v) is 6.83. The van der Waals surface area contributed by atoms with Gasteiger partial charge in [-0.1, -0.05) is 68.3 Å². The smallest absolute Gasteiger partial charge is 0.408 e.